The molecular formula is C15H20N2O. The number of nitrogens with two attached hydrogens (primary N) is 1. The molecule has 1 fully saturated rings. The van der Waals surface area contributed by atoms with Crippen molar-refractivity contribution in [3.63, 3.8) is 0 Å². The fourth-order valence-corrected chi connectivity index (χ4v) is 2.07. The lowest BCUT2D eigenvalue weighted by atomic mass is 10.1. The van der Waals surface area contributed by atoms with E-state index in [0.29, 0.717) is 6.54 Å². The molecule has 0 saturated heterocycles. The molecule has 3 nitrogen and oxygen atoms in total. The lowest BCUT2D eigenvalue weighted by Gasteiger charge is -2.20. The molecule has 1 aliphatic carbocycles. The van der Waals surface area contributed by atoms with E-state index in [1.807, 2.05) is 18.2 Å². The number of methoxy groups -OCH3 is 1. The van der Waals surface area contributed by atoms with Crippen molar-refractivity contribution in [3.05, 3.63) is 23.8 Å². The maximum atomic E-state index is 6.00. The van der Waals surface area contributed by atoms with Crippen molar-refractivity contribution in [2.75, 3.05) is 25.9 Å². The third kappa shape index (κ3) is 3.41. The number of terminal acetylenes is 1. The van der Waals surface area contributed by atoms with Crippen LogP contribution in [0, 0.1) is 18.3 Å². The SMILES string of the molecule is C#CCN(Cc1cc(OC)ccc1N)CC1CC1. The van der Waals surface area contributed by atoms with Gasteiger partial charge in [-0.3, -0.25) is 4.90 Å². The van der Waals surface area contributed by atoms with Crippen LogP contribution >= 0.6 is 0 Å². The van der Waals surface area contributed by atoms with E-state index in [2.05, 4.69) is 10.8 Å². The van der Waals surface area contributed by atoms with E-state index in [4.69, 9.17) is 16.9 Å². The Morgan fingerprint density at radius 2 is 2.28 bits per heavy atom. The molecule has 0 spiro atoms. The summed E-state index contributed by atoms with van der Waals surface area (Å²) >= 11 is 0. The first kappa shape index (κ1) is 12.8. The Morgan fingerprint density at radius 3 is 2.89 bits per heavy atom. The van der Waals surface area contributed by atoms with Gasteiger partial charge in [-0.1, -0.05) is 5.92 Å². The largest absolute Gasteiger partial charge is 0.497 e. The van der Waals surface area contributed by atoms with Crippen LogP contribution in [0.15, 0.2) is 18.2 Å². The van der Waals surface area contributed by atoms with E-state index in [0.717, 1.165) is 36.0 Å². The molecule has 0 atom stereocenters. The number of hydrogen-bond acceptors (Lipinski definition) is 3. The molecule has 1 aliphatic rings. The van der Waals surface area contributed by atoms with E-state index >= 15 is 0 Å². The van der Waals surface area contributed by atoms with Crippen LogP contribution in [0.3, 0.4) is 0 Å². The summed E-state index contributed by atoms with van der Waals surface area (Å²) in [7, 11) is 1.67. The molecule has 0 heterocycles. The van der Waals surface area contributed by atoms with Crippen LogP contribution in [0.2, 0.25) is 0 Å². The van der Waals surface area contributed by atoms with Gasteiger partial charge in [-0.2, -0.15) is 0 Å². The number of anilines is 1. The van der Waals surface area contributed by atoms with Gasteiger partial charge in [-0.05, 0) is 42.5 Å². The monoisotopic (exact) mass is 244 g/mol. The Kier molecular flexibility index (Phi) is 4.11. The van der Waals surface area contributed by atoms with Crippen LogP contribution in [0.4, 0.5) is 5.69 Å². The molecule has 0 bridgehead atoms. The molecule has 0 unspecified atom stereocenters. The molecule has 96 valence electrons. The highest BCUT2D eigenvalue weighted by atomic mass is 16.5. The normalized spacial score (nSPS) is 14.5. The molecule has 1 aromatic rings. The number of nitrogens with zero attached hydrogens (tertiary/aromatic N) is 1. The summed E-state index contributed by atoms with van der Waals surface area (Å²) in [5.74, 6) is 4.39. The van der Waals surface area contributed by atoms with E-state index in [1.54, 1.807) is 7.11 Å². The van der Waals surface area contributed by atoms with Gasteiger partial charge in [0.05, 0.1) is 13.7 Å². The standard InChI is InChI=1S/C15H20N2O/c1-3-8-17(10-12-4-5-12)11-13-9-14(18-2)6-7-15(13)16/h1,6-7,9,12H,4-5,8,10-11,16H2,2H3. The van der Waals surface area contributed by atoms with E-state index in [1.165, 1.54) is 12.8 Å². The highest BCUT2D eigenvalue weighted by Crippen LogP contribution is 2.30. The topological polar surface area (TPSA) is 38.5 Å². The van der Waals surface area contributed by atoms with Gasteiger partial charge in [-0.15, -0.1) is 6.42 Å². The number of rotatable bonds is 6. The third-order valence-corrected chi connectivity index (χ3v) is 3.27. The molecule has 0 amide bonds. The van der Waals surface area contributed by atoms with Crippen LogP contribution in [0.25, 0.3) is 0 Å². The zero-order valence-electron chi connectivity index (χ0n) is 10.9. The first-order valence-electron chi connectivity index (χ1n) is 6.31. The average Bonchev–Trinajstić information content (AvgIpc) is 3.16. The molecule has 2 rings (SSSR count). The van der Waals surface area contributed by atoms with Crippen LogP contribution in [-0.4, -0.2) is 25.1 Å². The molecule has 0 aromatic heterocycles. The van der Waals surface area contributed by atoms with Crippen molar-refractivity contribution < 1.29 is 4.74 Å². The molecule has 3 heteroatoms. The Labute approximate surface area is 109 Å². The zero-order chi connectivity index (χ0) is 13.0. The summed E-state index contributed by atoms with van der Waals surface area (Å²) < 4.78 is 5.23. The number of ether oxygens (including phenoxy) is 1. The Hall–Kier alpha value is -1.66. The molecule has 18 heavy (non-hydrogen) atoms. The Bertz CT molecular complexity index is 446. The lowest BCUT2D eigenvalue weighted by Crippen LogP contribution is -2.26. The third-order valence-electron chi connectivity index (χ3n) is 3.27. The van der Waals surface area contributed by atoms with Gasteiger partial charge in [0.15, 0.2) is 0 Å². The second-order valence-corrected chi connectivity index (χ2v) is 4.88. The predicted molar refractivity (Wildman–Crippen MR) is 74.2 cm³/mol. The summed E-state index contributed by atoms with van der Waals surface area (Å²) in [5.41, 5.74) is 7.89. The fraction of sp³-hybridized carbons (Fsp3) is 0.467. The molecule has 1 saturated carbocycles. The van der Waals surface area contributed by atoms with Gasteiger partial charge in [0.1, 0.15) is 5.75 Å². The summed E-state index contributed by atoms with van der Waals surface area (Å²) in [6.07, 6.45) is 8.08. The molecular weight excluding hydrogens is 224 g/mol. The number of hydrogen-bond donors (Lipinski definition) is 1. The van der Waals surface area contributed by atoms with E-state index < -0.39 is 0 Å². The van der Waals surface area contributed by atoms with Crippen molar-refractivity contribution in [2.45, 2.75) is 19.4 Å². The minimum atomic E-state index is 0.674. The minimum absolute atomic E-state index is 0.674. The van der Waals surface area contributed by atoms with Crippen LogP contribution in [0.1, 0.15) is 18.4 Å². The zero-order valence-corrected chi connectivity index (χ0v) is 10.9. The predicted octanol–water partition coefficient (Wildman–Crippen LogP) is 2.12. The van der Waals surface area contributed by atoms with Crippen molar-refractivity contribution in [3.8, 4) is 18.1 Å². The van der Waals surface area contributed by atoms with Gasteiger partial charge < -0.3 is 10.5 Å². The minimum Gasteiger partial charge on any atom is -0.497 e. The second-order valence-electron chi connectivity index (χ2n) is 4.88. The maximum Gasteiger partial charge on any atom is 0.119 e. The highest BCUT2D eigenvalue weighted by Gasteiger charge is 2.24. The Balaban J connectivity index is 2.06. The molecule has 0 radical (unpaired) electrons. The quantitative estimate of drug-likeness (QED) is 0.615. The lowest BCUT2D eigenvalue weighted by molar-refractivity contribution is 0.286. The smallest absolute Gasteiger partial charge is 0.119 e. The Morgan fingerprint density at radius 1 is 1.50 bits per heavy atom. The van der Waals surface area contributed by atoms with Crippen LogP contribution in [0.5, 0.6) is 5.75 Å². The highest BCUT2D eigenvalue weighted by molar-refractivity contribution is 5.50. The van der Waals surface area contributed by atoms with Crippen molar-refractivity contribution in [1.82, 2.24) is 4.90 Å². The van der Waals surface area contributed by atoms with Gasteiger partial charge in [0.2, 0.25) is 0 Å². The van der Waals surface area contributed by atoms with Crippen molar-refractivity contribution >= 4 is 5.69 Å². The van der Waals surface area contributed by atoms with Crippen LogP contribution in [-0.2, 0) is 6.54 Å². The summed E-state index contributed by atoms with van der Waals surface area (Å²) in [5, 5.41) is 0. The van der Waals surface area contributed by atoms with Gasteiger partial charge in [0, 0.05) is 18.8 Å². The summed E-state index contributed by atoms with van der Waals surface area (Å²) in [4.78, 5) is 2.28. The maximum absolute atomic E-state index is 6.00. The van der Waals surface area contributed by atoms with Gasteiger partial charge >= 0.3 is 0 Å². The summed E-state index contributed by atoms with van der Waals surface area (Å²) in [6.45, 7) is 2.54. The fourth-order valence-electron chi connectivity index (χ4n) is 2.07. The molecule has 2 N–H and O–H groups in total. The van der Waals surface area contributed by atoms with Crippen molar-refractivity contribution in [1.29, 1.82) is 0 Å². The van der Waals surface area contributed by atoms with Gasteiger partial charge in [0.25, 0.3) is 0 Å². The molecule has 1 aromatic carbocycles. The average molecular weight is 244 g/mol. The number of nitrogen functional groups attached to an aromatic ring is 1. The molecule has 0 aliphatic heterocycles. The first-order valence-corrected chi connectivity index (χ1v) is 6.31. The van der Waals surface area contributed by atoms with E-state index in [-0.39, 0.29) is 0 Å². The second kappa shape index (κ2) is 5.79. The van der Waals surface area contributed by atoms with Crippen LogP contribution < -0.4 is 10.5 Å². The first-order chi connectivity index (χ1) is 8.72. The summed E-state index contributed by atoms with van der Waals surface area (Å²) in [6, 6.07) is 5.76. The van der Waals surface area contributed by atoms with E-state index in [9.17, 15) is 0 Å². The van der Waals surface area contributed by atoms with Crippen molar-refractivity contribution in [2.24, 2.45) is 5.92 Å². The van der Waals surface area contributed by atoms with Gasteiger partial charge in [-0.25, -0.2) is 0 Å². The number of benzene rings is 1.